The van der Waals surface area contributed by atoms with Crippen molar-refractivity contribution < 1.29 is 9.59 Å². The van der Waals surface area contributed by atoms with Crippen molar-refractivity contribution in [2.45, 2.75) is 26.3 Å². The van der Waals surface area contributed by atoms with Crippen LogP contribution in [0.15, 0.2) is 48.5 Å². The van der Waals surface area contributed by atoms with Crippen LogP contribution >= 0.6 is 0 Å². The van der Waals surface area contributed by atoms with E-state index in [1.54, 1.807) is 19.2 Å². The van der Waals surface area contributed by atoms with Crippen LogP contribution in [0.1, 0.15) is 30.8 Å². The van der Waals surface area contributed by atoms with Gasteiger partial charge < -0.3 is 10.6 Å². The summed E-state index contributed by atoms with van der Waals surface area (Å²) in [5.74, 6) is -0.255. The first-order valence-corrected chi connectivity index (χ1v) is 8.06. The van der Waals surface area contributed by atoms with E-state index in [1.165, 1.54) is 0 Å². The second-order valence-electron chi connectivity index (χ2n) is 6.04. The van der Waals surface area contributed by atoms with Crippen LogP contribution in [0.2, 0.25) is 0 Å². The van der Waals surface area contributed by atoms with Crippen molar-refractivity contribution in [3.63, 3.8) is 0 Å². The SMILES string of the molecule is CNC(=O)C(CC(C)C)NC(=O)c1cccc(-c2ccccc2)n1. The summed E-state index contributed by atoms with van der Waals surface area (Å²) in [5, 5.41) is 5.37. The number of benzene rings is 1. The fourth-order valence-electron chi connectivity index (χ4n) is 2.44. The zero-order valence-electron chi connectivity index (χ0n) is 14.2. The number of nitrogens with zero attached hydrogens (tertiary/aromatic N) is 1. The molecule has 0 saturated heterocycles. The molecule has 1 aromatic heterocycles. The molecule has 0 bridgehead atoms. The first-order chi connectivity index (χ1) is 11.5. The van der Waals surface area contributed by atoms with Crippen molar-refractivity contribution in [1.82, 2.24) is 15.6 Å². The highest BCUT2D eigenvalue weighted by Gasteiger charge is 2.22. The summed E-state index contributed by atoms with van der Waals surface area (Å²) in [6.07, 6.45) is 0.573. The fraction of sp³-hybridized carbons (Fsp3) is 0.316. The quantitative estimate of drug-likeness (QED) is 0.858. The Bertz CT molecular complexity index is 699. The minimum Gasteiger partial charge on any atom is -0.357 e. The monoisotopic (exact) mass is 325 g/mol. The van der Waals surface area contributed by atoms with Gasteiger partial charge in [0.25, 0.3) is 5.91 Å². The summed E-state index contributed by atoms with van der Waals surface area (Å²) in [6.45, 7) is 4.02. The van der Waals surface area contributed by atoms with E-state index in [4.69, 9.17) is 0 Å². The lowest BCUT2D eigenvalue weighted by atomic mass is 10.0. The Morgan fingerprint density at radius 1 is 1.04 bits per heavy atom. The Balaban J connectivity index is 2.18. The molecule has 5 nitrogen and oxygen atoms in total. The number of aromatic nitrogens is 1. The summed E-state index contributed by atoms with van der Waals surface area (Å²) in [5.41, 5.74) is 1.97. The van der Waals surface area contributed by atoms with Gasteiger partial charge in [-0.1, -0.05) is 50.2 Å². The lowest BCUT2D eigenvalue weighted by Gasteiger charge is -2.19. The molecule has 5 heteroatoms. The first kappa shape index (κ1) is 17.7. The third-order valence-corrected chi connectivity index (χ3v) is 3.63. The maximum Gasteiger partial charge on any atom is 0.270 e. The van der Waals surface area contributed by atoms with Crippen LogP contribution in [-0.2, 0) is 4.79 Å². The zero-order valence-corrected chi connectivity index (χ0v) is 14.2. The molecule has 1 atom stereocenters. The highest BCUT2D eigenvalue weighted by molar-refractivity contribution is 5.96. The number of rotatable bonds is 6. The van der Waals surface area contributed by atoms with Gasteiger partial charge in [-0.25, -0.2) is 4.98 Å². The molecule has 0 aliphatic heterocycles. The van der Waals surface area contributed by atoms with Gasteiger partial charge in [-0.05, 0) is 24.5 Å². The molecule has 0 aliphatic rings. The molecule has 2 rings (SSSR count). The smallest absolute Gasteiger partial charge is 0.270 e. The van der Waals surface area contributed by atoms with Gasteiger partial charge in [-0.2, -0.15) is 0 Å². The van der Waals surface area contributed by atoms with Crippen LogP contribution in [0.4, 0.5) is 0 Å². The molecule has 24 heavy (non-hydrogen) atoms. The van der Waals surface area contributed by atoms with Crippen molar-refractivity contribution in [2.24, 2.45) is 5.92 Å². The second kappa shape index (κ2) is 8.24. The Labute approximate surface area is 142 Å². The Morgan fingerprint density at radius 3 is 2.38 bits per heavy atom. The molecule has 2 amide bonds. The number of hydrogen-bond donors (Lipinski definition) is 2. The molecule has 1 unspecified atom stereocenters. The van der Waals surface area contributed by atoms with Crippen LogP contribution in [0.25, 0.3) is 11.3 Å². The number of likely N-dealkylation sites (N-methyl/N-ethyl adjacent to an activating group) is 1. The number of amides is 2. The first-order valence-electron chi connectivity index (χ1n) is 8.06. The van der Waals surface area contributed by atoms with Crippen LogP contribution < -0.4 is 10.6 Å². The Kier molecular flexibility index (Phi) is 6.07. The molecule has 0 fully saturated rings. The number of hydrogen-bond acceptors (Lipinski definition) is 3. The van der Waals surface area contributed by atoms with Crippen molar-refractivity contribution >= 4 is 11.8 Å². The summed E-state index contributed by atoms with van der Waals surface area (Å²) < 4.78 is 0. The normalized spacial score (nSPS) is 11.8. The minimum atomic E-state index is -0.565. The topological polar surface area (TPSA) is 71.1 Å². The van der Waals surface area contributed by atoms with Crippen molar-refractivity contribution in [1.29, 1.82) is 0 Å². The zero-order chi connectivity index (χ0) is 17.5. The highest BCUT2D eigenvalue weighted by atomic mass is 16.2. The predicted molar refractivity (Wildman–Crippen MR) is 94.4 cm³/mol. The van der Waals surface area contributed by atoms with Crippen LogP contribution in [0.3, 0.4) is 0 Å². The summed E-state index contributed by atoms with van der Waals surface area (Å²) in [4.78, 5) is 28.9. The number of carbonyl (C=O) groups excluding carboxylic acids is 2. The van der Waals surface area contributed by atoms with Crippen LogP contribution in [-0.4, -0.2) is 29.9 Å². The van der Waals surface area contributed by atoms with Gasteiger partial charge in [0.15, 0.2) is 0 Å². The van der Waals surface area contributed by atoms with E-state index in [-0.39, 0.29) is 17.7 Å². The molecule has 2 N–H and O–H groups in total. The molecule has 1 aromatic carbocycles. The maximum absolute atomic E-state index is 12.5. The van der Waals surface area contributed by atoms with Crippen molar-refractivity contribution in [3.05, 3.63) is 54.2 Å². The number of pyridine rings is 1. The average molecular weight is 325 g/mol. The largest absolute Gasteiger partial charge is 0.357 e. The fourth-order valence-corrected chi connectivity index (χ4v) is 2.44. The third kappa shape index (κ3) is 4.65. The predicted octanol–water partition coefficient (Wildman–Crippen LogP) is 2.64. The lowest BCUT2D eigenvalue weighted by Crippen LogP contribution is -2.46. The van der Waals surface area contributed by atoms with E-state index in [0.29, 0.717) is 12.1 Å². The van der Waals surface area contributed by atoms with E-state index < -0.39 is 6.04 Å². The third-order valence-electron chi connectivity index (χ3n) is 3.63. The maximum atomic E-state index is 12.5. The number of carbonyl (C=O) groups is 2. The molecule has 0 spiro atoms. The standard InChI is InChI=1S/C19H23N3O2/c1-13(2)12-17(18(23)20-3)22-19(24)16-11-7-10-15(21-16)14-8-5-4-6-9-14/h4-11,13,17H,12H2,1-3H3,(H,20,23)(H,22,24). The Hall–Kier alpha value is -2.69. The minimum absolute atomic E-state index is 0.198. The van der Waals surface area contributed by atoms with Gasteiger partial charge in [-0.3, -0.25) is 9.59 Å². The van der Waals surface area contributed by atoms with E-state index in [1.807, 2.05) is 50.2 Å². The van der Waals surface area contributed by atoms with Crippen molar-refractivity contribution in [2.75, 3.05) is 7.05 Å². The van der Waals surface area contributed by atoms with Gasteiger partial charge in [0.1, 0.15) is 11.7 Å². The van der Waals surface area contributed by atoms with E-state index in [2.05, 4.69) is 15.6 Å². The molecular formula is C19H23N3O2. The highest BCUT2D eigenvalue weighted by Crippen LogP contribution is 2.16. The Morgan fingerprint density at radius 2 is 1.75 bits per heavy atom. The molecule has 0 radical (unpaired) electrons. The van der Waals surface area contributed by atoms with E-state index in [9.17, 15) is 9.59 Å². The number of nitrogens with one attached hydrogen (secondary N) is 2. The molecule has 2 aromatic rings. The molecule has 0 aliphatic carbocycles. The van der Waals surface area contributed by atoms with Crippen LogP contribution in [0.5, 0.6) is 0 Å². The van der Waals surface area contributed by atoms with Gasteiger partial charge in [0, 0.05) is 12.6 Å². The van der Waals surface area contributed by atoms with Crippen LogP contribution in [0, 0.1) is 5.92 Å². The van der Waals surface area contributed by atoms with Gasteiger partial charge >= 0.3 is 0 Å². The van der Waals surface area contributed by atoms with Gasteiger partial charge in [0.2, 0.25) is 5.91 Å². The summed E-state index contributed by atoms with van der Waals surface area (Å²) in [6, 6.07) is 14.4. The summed E-state index contributed by atoms with van der Waals surface area (Å²) >= 11 is 0. The van der Waals surface area contributed by atoms with E-state index in [0.717, 1.165) is 11.3 Å². The van der Waals surface area contributed by atoms with Crippen molar-refractivity contribution in [3.8, 4) is 11.3 Å². The lowest BCUT2D eigenvalue weighted by molar-refractivity contribution is -0.122. The molecule has 126 valence electrons. The van der Waals surface area contributed by atoms with E-state index >= 15 is 0 Å². The van der Waals surface area contributed by atoms with Gasteiger partial charge in [-0.15, -0.1) is 0 Å². The molecule has 1 heterocycles. The molecular weight excluding hydrogens is 302 g/mol. The average Bonchev–Trinajstić information content (AvgIpc) is 2.61. The second-order valence-corrected chi connectivity index (χ2v) is 6.04. The molecule has 0 saturated carbocycles. The van der Waals surface area contributed by atoms with Gasteiger partial charge in [0.05, 0.1) is 5.69 Å². The summed E-state index contributed by atoms with van der Waals surface area (Å²) in [7, 11) is 1.57.